The number of carbonyl (C=O) groups excluding carboxylic acids is 4. The van der Waals surface area contributed by atoms with Gasteiger partial charge in [0.2, 0.25) is 11.8 Å². The van der Waals surface area contributed by atoms with Gasteiger partial charge in [-0.1, -0.05) is 6.07 Å². The number of hydrogen-bond donors (Lipinski definition) is 3. The number of piperidine rings is 1. The van der Waals surface area contributed by atoms with Crippen molar-refractivity contribution in [1.82, 2.24) is 10.2 Å². The third kappa shape index (κ3) is 4.80. The number of carbonyl (C=O) groups is 5. The number of nitrogens with one attached hydrogen (secondary N) is 2. The topological polar surface area (TPSA) is 142 Å². The lowest BCUT2D eigenvalue weighted by atomic mass is 10.0. The normalized spacial score (nSPS) is 19.1. The summed E-state index contributed by atoms with van der Waals surface area (Å²) in [6.45, 7) is 7.13. The minimum absolute atomic E-state index is 0.0470. The van der Waals surface area contributed by atoms with E-state index >= 15 is 0 Å². The molecule has 2 aliphatic rings. The second kappa shape index (κ2) is 8.34. The molecule has 2 aliphatic heterocycles. The van der Waals surface area contributed by atoms with Crippen LogP contribution in [0.2, 0.25) is 0 Å². The molecule has 0 spiro atoms. The molecule has 0 aliphatic carbocycles. The SMILES string of the molecule is CC(C)(COC(C)(C)CC(=O)O)Nc1cccc2c1C(=O)N(C1CCC(=O)NC1=O)C2=O. The first-order valence-corrected chi connectivity index (χ1v) is 10.3. The molecule has 0 bridgehead atoms. The molecule has 1 fully saturated rings. The van der Waals surface area contributed by atoms with Gasteiger partial charge in [0.25, 0.3) is 11.8 Å². The maximum Gasteiger partial charge on any atom is 0.306 e. The van der Waals surface area contributed by atoms with Gasteiger partial charge in [-0.05, 0) is 46.2 Å². The highest BCUT2D eigenvalue weighted by Crippen LogP contribution is 2.34. The Morgan fingerprint density at radius 3 is 2.50 bits per heavy atom. The standard InChI is InChI=1S/C22H27N3O7/c1-21(2,11-32-22(3,4)10-16(27)28)24-13-7-5-6-12-17(13)20(31)25(19(12)30)14-8-9-15(26)23-18(14)29/h5-7,14,24H,8-11H2,1-4H3,(H,27,28)(H,23,26,29). The maximum atomic E-state index is 13.2. The molecule has 1 unspecified atom stereocenters. The van der Waals surface area contributed by atoms with E-state index in [1.807, 2.05) is 13.8 Å². The van der Waals surface area contributed by atoms with E-state index < -0.39 is 46.8 Å². The summed E-state index contributed by atoms with van der Waals surface area (Å²) in [5.74, 6) is -3.26. The number of aliphatic carboxylic acids is 1. The van der Waals surface area contributed by atoms with Crippen LogP contribution in [0.4, 0.5) is 5.69 Å². The zero-order valence-corrected chi connectivity index (χ0v) is 18.5. The van der Waals surface area contributed by atoms with Gasteiger partial charge >= 0.3 is 5.97 Å². The van der Waals surface area contributed by atoms with E-state index in [9.17, 15) is 24.0 Å². The zero-order chi connectivity index (χ0) is 23.8. The Kier molecular flexibility index (Phi) is 6.10. The summed E-state index contributed by atoms with van der Waals surface area (Å²) in [7, 11) is 0. The van der Waals surface area contributed by atoms with Crippen molar-refractivity contribution in [3.63, 3.8) is 0 Å². The number of nitrogens with zero attached hydrogens (tertiary/aromatic N) is 1. The van der Waals surface area contributed by atoms with Crippen LogP contribution in [0.15, 0.2) is 18.2 Å². The minimum atomic E-state index is -1.04. The predicted molar refractivity (Wildman–Crippen MR) is 113 cm³/mol. The van der Waals surface area contributed by atoms with Gasteiger partial charge in [-0.2, -0.15) is 0 Å². The fraction of sp³-hybridized carbons (Fsp3) is 0.500. The highest BCUT2D eigenvalue weighted by Gasteiger charge is 2.46. The number of imide groups is 2. The van der Waals surface area contributed by atoms with Crippen molar-refractivity contribution in [3.8, 4) is 0 Å². The Labute approximate surface area is 185 Å². The third-order valence-electron chi connectivity index (χ3n) is 5.34. The van der Waals surface area contributed by atoms with E-state index in [0.29, 0.717) is 5.69 Å². The number of rotatable bonds is 8. The van der Waals surface area contributed by atoms with Gasteiger partial charge in [-0.3, -0.25) is 34.2 Å². The fourth-order valence-electron chi connectivity index (χ4n) is 3.81. The average Bonchev–Trinajstić information content (AvgIpc) is 2.91. The second-order valence-corrected chi connectivity index (χ2v) is 9.30. The molecule has 0 aromatic heterocycles. The fourth-order valence-corrected chi connectivity index (χ4v) is 3.81. The smallest absolute Gasteiger partial charge is 0.306 e. The zero-order valence-electron chi connectivity index (χ0n) is 18.5. The molecule has 1 aromatic rings. The van der Waals surface area contributed by atoms with Gasteiger partial charge in [0.15, 0.2) is 0 Å². The van der Waals surface area contributed by atoms with E-state index in [1.165, 1.54) is 6.07 Å². The minimum Gasteiger partial charge on any atom is -0.481 e. The number of fused-ring (bicyclic) bond motifs is 1. The molecular formula is C22H27N3O7. The van der Waals surface area contributed by atoms with Crippen LogP contribution < -0.4 is 10.6 Å². The van der Waals surface area contributed by atoms with Crippen molar-refractivity contribution in [2.45, 2.75) is 64.1 Å². The van der Waals surface area contributed by atoms with Crippen LogP contribution in [-0.4, -0.2) is 63.4 Å². The lowest BCUT2D eigenvalue weighted by Crippen LogP contribution is -2.54. The van der Waals surface area contributed by atoms with E-state index in [1.54, 1.807) is 26.0 Å². The molecule has 1 atom stereocenters. The summed E-state index contributed by atoms with van der Waals surface area (Å²) in [5.41, 5.74) is -0.874. The van der Waals surface area contributed by atoms with E-state index in [0.717, 1.165) is 4.90 Å². The molecule has 10 heteroatoms. The molecule has 32 heavy (non-hydrogen) atoms. The quantitative estimate of drug-likeness (QED) is 0.512. The van der Waals surface area contributed by atoms with Crippen molar-refractivity contribution >= 4 is 35.3 Å². The van der Waals surface area contributed by atoms with Crippen LogP contribution in [0.1, 0.15) is 67.7 Å². The van der Waals surface area contributed by atoms with Gasteiger partial charge in [0.1, 0.15) is 6.04 Å². The summed E-state index contributed by atoms with van der Waals surface area (Å²) < 4.78 is 5.79. The Hall–Kier alpha value is -3.27. The maximum absolute atomic E-state index is 13.2. The number of amides is 4. The number of carboxylic acid groups (broad SMARTS) is 1. The molecule has 10 nitrogen and oxygen atoms in total. The largest absolute Gasteiger partial charge is 0.481 e. The van der Waals surface area contributed by atoms with Crippen molar-refractivity contribution in [3.05, 3.63) is 29.3 Å². The molecular weight excluding hydrogens is 418 g/mol. The summed E-state index contributed by atoms with van der Waals surface area (Å²) in [6.07, 6.45) is -0.0416. The first-order valence-electron chi connectivity index (χ1n) is 10.3. The molecule has 0 radical (unpaired) electrons. The van der Waals surface area contributed by atoms with Crippen LogP contribution in [0.5, 0.6) is 0 Å². The lowest BCUT2D eigenvalue weighted by Gasteiger charge is -2.33. The first-order chi connectivity index (χ1) is 14.8. The summed E-state index contributed by atoms with van der Waals surface area (Å²) in [5, 5.41) is 14.4. The van der Waals surface area contributed by atoms with Crippen molar-refractivity contribution in [2.24, 2.45) is 0 Å². The highest BCUT2D eigenvalue weighted by atomic mass is 16.5. The lowest BCUT2D eigenvalue weighted by molar-refractivity contribution is -0.144. The monoisotopic (exact) mass is 445 g/mol. The van der Waals surface area contributed by atoms with Gasteiger partial charge in [0, 0.05) is 12.1 Å². The van der Waals surface area contributed by atoms with Crippen molar-refractivity contribution in [1.29, 1.82) is 0 Å². The van der Waals surface area contributed by atoms with E-state index in [2.05, 4.69) is 10.6 Å². The number of carboxylic acids is 1. The van der Waals surface area contributed by atoms with Gasteiger partial charge in [0.05, 0.1) is 35.3 Å². The first kappa shape index (κ1) is 23.4. The summed E-state index contributed by atoms with van der Waals surface area (Å²) >= 11 is 0. The van der Waals surface area contributed by atoms with Gasteiger partial charge in [-0.15, -0.1) is 0 Å². The Morgan fingerprint density at radius 1 is 1.19 bits per heavy atom. The number of ether oxygens (including phenoxy) is 1. The molecule has 1 saturated heterocycles. The number of benzene rings is 1. The average molecular weight is 445 g/mol. The molecule has 4 amide bonds. The molecule has 3 N–H and O–H groups in total. The van der Waals surface area contributed by atoms with Gasteiger partial charge < -0.3 is 15.2 Å². The number of anilines is 1. The number of hydrogen-bond acceptors (Lipinski definition) is 7. The van der Waals surface area contributed by atoms with Crippen molar-refractivity contribution in [2.75, 3.05) is 11.9 Å². The molecule has 3 rings (SSSR count). The molecule has 172 valence electrons. The van der Waals surface area contributed by atoms with Crippen LogP contribution in [0, 0.1) is 0 Å². The summed E-state index contributed by atoms with van der Waals surface area (Å²) in [6, 6.07) is 3.76. The molecule has 0 saturated carbocycles. The Bertz CT molecular complexity index is 999. The molecule has 2 heterocycles. The highest BCUT2D eigenvalue weighted by molar-refractivity contribution is 6.25. The molecule has 1 aromatic carbocycles. The third-order valence-corrected chi connectivity index (χ3v) is 5.34. The van der Waals surface area contributed by atoms with Crippen LogP contribution in [0.25, 0.3) is 0 Å². The van der Waals surface area contributed by atoms with Crippen LogP contribution >= 0.6 is 0 Å². The Morgan fingerprint density at radius 2 is 1.88 bits per heavy atom. The predicted octanol–water partition coefficient (Wildman–Crippen LogP) is 1.55. The van der Waals surface area contributed by atoms with Gasteiger partial charge in [-0.25, -0.2) is 0 Å². The van der Waals surface area contributed by atoms with Crippen molar-refractivity contribution < 1.29 is 33.8 Å². The van der Waals surface area contributed by atoms with E-state index in [-0.39, 0.29) is 37.0 Å². The summed E-state index contributed by atoms with van der Waals surface area (Å²) in [4.78, 5) is 61.7. The van der Waals surface area contributed by atoms with Crippen LogP contribution in [-0.2, 0) is 19.1 Å². The van der Waals surface area contributed by atoms with E-state index in [4.69, 9.17) is 9.84 Å². The second-order valence-electron chi connectivity index (χ2n) is 9.30. The van der Waals surface area contributed by atoms with Crippen LogP contribution in [0.3, 0.4) is 0 Å². The Balaban J connectivity index is 1.81.